The molecule has 0 aliphatic rings. The fraction of sp³-hybridized carbons (Fsp3) is 0.825. The van der Waals surface area contributed by atoms with E-state index in [4.69, 9.17) is 14.2 Å². The van der Waals surface area contributed by atoms with Gasteiger partial charge in [-0.25, -0.2) is 0 Å². The Morgan fingerprint density at radius 2 is 1.15 bits per heavy atom. The molecule has 0 bridgehead atoms. The highest BCUT2D eigenvalue weighted by molar-refractivity contribution is 5.70. The smallest absolute Gasteiger partial charge is 0.306 e. The Morgan fingerprint density at radius 1 is 0.625 bits per heavy atom. The second-order valence-electron chi connectivity index (χ2n) is 14.2. The number of unbranched alkanes of at least 4 members (excludes halogenated alkanes) is 16. The SMILES string of the molecule is CCCCCCCC/C=C/C/C=C/CCC(=O)OC(COCCC(C(=O)[O-])[N+](C)(C)C)COC(=O)CCCCCCCCCCCCC. The van der Waals surface area contributed by atoms with E-state index in [1.54, 1.807) is 21.1 Å². The summed E-state index contributed by atoms with van der Waals surface area (Å²) in [6, 6.07) is -0.730. The van der Waals surface area contributed by atoms with Crippen molar-refractivity contribution in [3.8, 4) is 0 Å². The van der Waals surface area contributed by atoms with E-state index in [1.807, 2.05) is 6.08 Å². The molecule has 0 saturated carbocycles. The molecule has 2 atom stereocenters. The van der Waals surface area contributed by atoms with Crippen molar-refractivity contribution in [2.75, 3.05) is 41.0 Å². The highest BCUT2D eigenvalue weighted by Gasteiger charge is 2.25. The van der Waals surface area contributed by atoms with Crippen LogP contribution in [0, 0.1) is 0 Å². The van der Waals surface area contributed by atoms with Crippen LogP contribution in [0.25, 0.3) is 0 Å². The highest BCUT2D eigenvalue weighted by atomic mass is 16.6. The van der Waals surface area contributed by atoms with E-state index in [0.29, 0.717) is 12.8 Å². The van der Waals surface area contributed by atoms with Crippen molar-refractivity contribution in [1.82, 2.24) is 0 Å². The molecule has 280 valence electrons. The van der Waals surface area contributed by atoms with Gasteiger partial charge in [-0.3, -0.25) is 9.59 Å². The van der Waals surface area contributed by atoms with Gasteiger partial charge in [0.05, 0.1) is 40.3 Å². The Bertz CT molecular complexity index is 849. The number of likely N-dealkylation sites (N-methyl/N-ethyl adjacent to an activating group) is 1. The van der Waals surface area contributed by atoms with Crippen molar-refractivity contribution < 1.29 is 38.2 Å². The number of hydrogen-bond acceptors (Lipinski definition) is 7. The molecule has 0 amide bonds. The van der Waals surface area contributed by atoms with E-state index >= 15 is 0 Å². The van der Waals surface area contributed by atoms with E-state index in [2.05, 4.69) is 32.1 Å². The summed E-state index contributed by atoms with van der Waals surface area (Å²) in [5.41, 5.74) is 0. The van der Waals surface area contributed by atoms with Gasteiger partial charge in [-0.1, -0.05) is 134 Å². The molecule has 0 fully saturated rings. The zero-order valence-corrected chi connectivity index (χ0v) is 31.7. The molecule has 0 N–H and O–H groups in total. The van der Waals surface area contributed by atoms with Crippen molar-refractivity contribution in [3.05, 3.63) is 24.3 Å². The average molecular weight is 680 g/mol. The van der Waals surface area contributed by atoms with E-state index < -0.39 is 18.1 Å². The minimum Gasteiger partial charge on any atom is -0.544 e. The number of rotatable bonds is 34. The van der Waals surface area contributed by atoms with Crippen molar-refractivity contribution in [2.24, 2.45) is 0 Å². The van der Waals surface area contributed by atoms with Crippen LogP contribution < -0.4 is 5.11 Å². The maximum absolute atomic E-state index is 12.6. The first-order valence-electron chi connectivity index (χ1n) is 19.4. The van der Waals surface area contributed by atoms with Crippen LogP contribution in [0.3, 0.4) is 0 Å². The van der Waals surface area contributed by atoms with Gasteiger partial charge in [0.25, 0.3) is 0 Å². The fourth-order valence-electron chi connectivity index (χ4n) is 5.53. The molecular formula is C40H73NO7. The summed E-state index contributed by atoms with van der Waals surface area (Å²) < 4.78 is 17.0. The van der Waals surface area contributed by atoms with Gasteiger partial charge in [-0.15, -0.1) is 0 Å². The van der Waals surface area contributed by atoms with Crippen LogP contribution in [0.4, 0.5) is 0 Å². The molecule has 0 rings (SSSR count). The molecule has 0 aliphatic heterocycles. The average Bonchev–Trinajstić information content (AvgIpc) is 3.03. The molecule has 48 heavy (non-hydrogen) atoms. The standard InChI is InChI=1S/C40H73NO7/c1-6-8-10-12-14-16-18-19-21-23-25-27-29-31-39(43)48-36(34-46-33-32-37(40(44)45)41(3,4)5)35-47-38(42)30-28-26-24-22-20-17-15-13-11-9-7-2/h19,21,25,27,36-37H,6-18,20,22-24,26,28-35H2,1-5H3/b21-19+,27-25+. The molecule has 0 spiro atoms. The maximum Gasteiger partial charge on any atom is 0.306 e. The molecule has 8 nitrogen and oxygen atoms in total. The van der Waals surface area contributed by atoms with Gasteiger partial charge >= 0.3 is 11.9 Å². The monoisotopic (exact) mass is 680 g/mol. The topological polar surface area (TPSA) is 102 Å². The number of carbonyl (C=O) groups is 3. The normalized spacial score (nSPS) is 13.3. The predicted molar refractivity (Wildman–Crippen MR) is 194 cm³/mol. The maximum atomic E-state index is 12.6. The summed E-state index contributed by atoms with van der Waals surface area (Å²) in [5.74, 6) is -1.82. The Labute approximate surface area is 294 Å². The number of hydrogen-bond donors (Lipinski definition) is 0. The van der Waals surface area contributed by atoms with Gasteiger partial charge in [-0.2, -0.15) is 0 Å². The van der Waals surface area contributed by atoms with Crippen LogP contribution >= 0.6 is 0 Å². The molecule has 0 radical (unpaired) electrons. The van der Waals surface area contributed by atoms with Crippen molar-refractivity contribution in [1.29, 1.82) is 0 Å². The van der Waals surface area contributed by atoms with E-state index in [0.717, 1.165) is 32.1 Å². The summed E-state index contributed by atoms with van der Waals surface area (Å²) in [6.07, 6.45) is 32.1. The van der Waals surface area contributed by atoms with E-state index in [9.17, 15) is 19.5 Å². The van der Waals surface area contributed by atoms with Crippen LogP contribution in [0.2, 0.25) is 0 Å². The second kappa shape index (κ2) is 32.0. The molecule has 0 aliphatic carbocycles. The third-order valence-corrected chi connectivity index (χ3v) is 8.60. The molecule has 0 aromatic heterocycles. The molecule has 2 unspecified atom stereocenters. The summed E-state index contributed by atoms with van der Waals surface area (Å²) in [6.45, 7) is 4.57. The Morgan fingerprint density at radius 3 is 1.69 bits per heavy atom. The van der Waals surface area contributed by atoms with Gasteiger partial charge in [0.15, 0.2) is 6.10 Å². The third-order valence-electron chi connectivity index (χ3n) is 8.60. The molecular weight excluding hydrogens is 606 g/mol. The lowest BCUT2D eigenvalue weighted by molar-refractivity contribution is -0.889. The number of allylic oxidation sites excluding steroid dienone is 4. The minimum absolute atomic E-state index is 0.0214. The zero-order valence-electron chi connectivity index (χ0n) is 31.7. The largest absolute Gasteiger partial charge is 0.544 e. The first-order valence-corrected chi connectivity index (χ1v) is 19.4. The third kappa shape index (κ3) is 29.9. The summed E-state index contributed by atoms with van der Waals surface area (Å²) in [5, 5.41) is 11.6. The van der Waals surface area contributed by atoms with Gasteiger partial charge in [-0.05, 0) is 32.1 Å². The van der Waals surface area contributed by atoms with E-state index in [1.165, 1.54) is 89.9 Å². The zero-order chi connectivity index (χ0) is 35.7. The molecule has 0 aromatic carbocycles. The van der Waals surface area contributed by atoms with Gasteiger partial charge < -0.3 is 28.6 Å². The van der Waals surface area contributed by atoms with Crippen molar-refractivity contribution in [2.45, 2.75) is 174 Å². The van der Waals surface area contributed by atoms with Crippen LogP contribution in [0.15, 0.2) is 24.3 Å². The molecule has 0 saturated heterocycles. The lowest BCUT2D eigenvalue weighted by Crippen LogP contribution is -2.55. The first kappa shape index (κ1) is 45.8. The lowest BCUT2D eigenvalue weighted by atomic mass is 10.1. The number of esters is 2. The fourth-order valence-corrected chi connectivity index (χ4v) is 5.53. The summed E-state index contributed by atoms with van der Waals surface area (Å²) in [4.78, 5) is 36.6. The number of carboxylic acids is 1. The number of nitrogens with zero attached hydrogens (tertiary/aromatic N) is 1. The quantitative estimate of drug-likeness (QED) is 0.0291. The minimum atomic E-state index is -1.13. The van der Waals surface area contributed by atoms with Gasteiger partial charge in [0.2, 0.25) is 0 Å². The second-order valence-corrected chi connectivity index (χ2v) is 14.2. The number of carbonyl (C=O) groups excluding carboxylic acids is 3. The number of aliphatic carboxylic acids is 1. The Kier molecular flexibility index (Phi) is 30.6. The van der Waals surface area contributed by atoms with Crippen LogP contribution in [0.1, 0.15) is 162 Å². The van der Waals surface area contributed by atoms with E-state index in [-0.39, 0.29) is 49.1 Å². The highest BCUT2D eigenvalue weighted by Crippen LogP contribution is 2.13. The van der Waals surface area contributed by atoms with Crippen molar-refractivity contribution >= 4 is 17.9 Å². The number of quaternary nitrogens is 1. The van der Waals surface area contributed by atoms with Crippen molar-refractivity contribution in [3.63, 3.8) is 0 Å². The number of ether oxygens (including phenoxy) is 3. The van der Waals surface area contributed by atoms with Gasteiger partial charge in [0, 0.05) is 19.3 Å². The molecule has 0 heterocycles. The molecule has 8 heteroatoms. The van der Waals surface area contributed by atoms with Crippen LogP contribution in [0.5, 0.6) is 0 Å². The van der Waals surface area contributed by atoms with Gasteiger partial charge in [0.1, 0.15) is 12.6 Å². The van der Waals surface area contributed by atoms with Crippen LogP contribution in [-0.2, 0) is 28.6 Å². The number of carboxylic acid groups (broad SMARTS) is 1. The first-order chi connectivity index (χ1) is 23.1. The Balaban J connectivity index is 4.50. The summed E-state index contributed by atoms with van der Waals surface area (Å²) in [7, 11) is 5.38. The predicted octanol–water partition coefficient (Wildman–Crippen LogP) is 8.41. The molecule has 0 aromatic rings. The Hall–Kier alpha value is -2.19. The van der Waals surface area contributed by atoms with Crippen LogP contribution in [-0.4, -0.2) is 75.5 Å². The summed E-state index contributed by atoms with van der Waals surface area (Å²) >= 11 is 0. The lowest BCUT2D eigenvalue weighted by Gasteiger charge is -2.34.